The minimum atomic E-state index is -1.12. The first-order chi connectivity index (χ1) is 11.6. The number of carboxylic acids is 2. The van der Waals surface area contributed by atoms with Gasteiger partial charge in [-0.15, -0.1) is 0 Å². The normalized spacial score (nSPS) is 23.6. The van der Waals surface area contributed by atoms with Crippen LogP contribution in [-0.2, 0) is 9.59 Å². The van der Waals surface area contributed by atoms with Crippen LogP contribution in [0.5, 0.6) is 0 Å². The van der Waals surface area contributed by atoms with Crippen molar-refractivity contribution in [3.8, 4) is 0 Å². The Morgan fingerprint density at radius 3 is 2.16 bits per heavy atom. The van der Waals surface area contributed by atoms with Crippen molar-refractivity contribution in [2.75, 3.05) is 0 Å². The van der Waals surface area contributed by atoms with E-state index < -0.39 is 22.2 Å². The van der Waals surface area contributed by atoms with E-state index in [9.17, 15) is 19.8 Å². The van der Waals surface area contributed by atoms with Crippen LogP contribution in [0.4, 0.5) is 0 Å². The Labute approximate surface area is 159 Å². The first kappa shape index (κ1) is 21.9. The average Bonchev–Trinajstić information content (AvgIpc) is 2.47. The number of alkyl halides is 1. The number of hydrogen-bond donors (Lipinski definition) is 2. The summed E-state index contributed by atoms with van der Waals surface area (Å²) in [4.78, 5) is 23.4. The standard InChI is InChI=1S/C20H31BrO4/c1-13(2)7-5-9-16-17(19(24)25)15(18(22)23)10-12-20(16,21)11-6-8-14(3)4/h10,12-15H,5-9,11H2,1-4H3,(H,22,23)(H,24,25). The first-order valence-corrected chi connectivity index (χ1v) is 9.95. The molecule has 2 unspecified atom stereocenters. The van der Waals surface area contributed by atoms with Crippen molar-refractivity contribution in [2.24, 2.45) is 17.8 Å². The summed E-state index contributed by atoms with van der Waals surface area (Å²) in [7, 11) is 0. The Morgan fingerprint density at radius 2 is 1.68 bits per heavy atom. The topological polar surface area (TPSA) is 74.6 Å². The molecule has 5 heteroatoms. The van der Waals surface area contributed by atoms with E-state index in [1.165, 1.54) is 6.08 Å². The SMILES string of the molecule is CC(C)CCCC1=C(C(=O)O)C(C(=O)O)C=CC1(Br)CCCC(C)C. The van der Waals surface area contributed by atoms with Gasteiger partial charge in [-0.25, -0.2) is 4.79 Å². The Balaban J connectivity index is 3.17. The number of carbonyl (C=O) groups is 2. The van der Waals surface area contributed by atoms with Gasteiger partial charge in [0.1, 0.15) is 5.92 Å². The van der Waals surface area contributed by atoms with Crippen LogP contribution in [0, 0.1) is 17.8 Å². The van der Waals surface area contributed by atoms with Crippen molar-refractivity contribution in [3.05, 3.63) is 23.3 Å². The van der Waals surface area contributed by atoms with Crippen LogP contribution in [0.1, 0.15) is 66.2 Å². The molecule has 1 rings (SSSR count). The second-order valence-corrected chi connectivity index (χ2v) is 9.22. The summed E-state index contributed by atoms with van der Waals surface area (Å²) in [6, 6.07) is 0. The third kappa shape index (κ3) is 6.28. The first-order valence-electron chi connectivity index (χ1n) is 9.16. The minimum Gasteiger partial charge on any atom is -0.481 e. The van der Waals surface area contributed by atoms with Gasteiger partial charge in [-0.1, -0.05) is 75.0 Å². The van der Waals surface area contributed by atoms with Crippen LogP contribution in [-0.4, -0.2) is 26.5 Å². The number of aliphatic carboxylic acids is 2. The van der Waals surface area contributed by atoms with Crippen molar-refractivity contribution in [3.63, 3.8) is 0 Å². The zero-order valence-corrected chi connectivity index (χ0v) is 17.3. The van der Waals surface area contributed by atoms with Crippen molar-refractivity contribution >= 4 is 27.9 Å². The molecule has 0 aromatic carbocycles. The molecule has 0 fully saturated rings. The van der Waals surface area contributed by atoms with E-state index in [1.54, 1.807) is 0 Å². The summed E-state index contributed by atoms with van der Waals surface area (Å²) in [6.07, 6.45) is 8.67. The molecule has 0 aromatic heterocycles. The van der Waals surface area contributed by atoms with Gasteiger partial charge in [-0.3, -0.25) is 4.79 Å². The Kier molecular flexibility index (Phi) is 8.39. The van der Waals surface area contributed by atoms with Crippen LogP contribution in [0.2, 0.25) is 0 Å². The highest BCUT2D eigenvalue weighted by molar-refractivity contribution is 9.10. The zero-order valence-electron chi connectivity index (χ0n) is 15.7. The number of hydrogen-bond acceptors (Lipinski definition) is 2. The molecule has 0 aromatic rings. The molecule has 4 nitrogen and oxygen atoms in total. The Morgan fingerprint density at radius 1 is 1.12 bits per heavy atom. The average molecular weight is 415 g/mol. The van der Waals surface area contributed by atoms with E-state index >= 15 is 0 Å². The van der Waals surface area contributed by atoms with Gasteiger partial charge in [-0.2, -0.15) is 0 Å². The maximum atomic E-state index is 11.9. The molecular weight excluding hydrogens is 384 g/mol. The van der Waals surface area contributed by atoms with Gasteiger partial charge >= 0.3 is 11.9 Å². The molecule has 1 aliphatic carbocycles. The molecule has 0 aliphatic heterocycles. The lowest BCUT2D eigenvalue weighted by Crippen LogP contribution is -2.33. The van der Waals surface area contributed by atoms with E-state index in [0.29, 0.717) is 18.3 Å². The Hall–Kier alpha value is -1.10. The van der Waals surface area contributed by atoms with Gasteiger partial charge in [0, 0.05) is 0 Å². The Bertz CT molecular complexity index is 548. The fourth-order valence-corrected chi connectivity index (χ4v) is 4.20. The highest BCUT2D eigenvalue weighted by Crippen LogP contribution is 2.44. The van der Waals surface area contributed by atoms with Crippen LogP contribution >= 0.6 is 15.9 Å². The van der Waals surface area contributed by atoms with Gasteiger partial charge in [0.15, 0.2) is 0 Å². The molecule has 0 saturated carbocycles. The molecule has 0 bridgehead atoms. The highest BCUT2D eigenvalue weighted by atomic mass is 79.9. The predicted octanol–water partition coefficient (Wildman–Crippen LogP) is 5.42. The molecule has 0 heterocycles. The predicted molar refractivity (Wildman–Crippen MR) is 104 cm³/mol. The van der Waals surface area contributed by atoms with Crippen molar-refractivity contribution in [1.29, 1.82) is 0 Å². The molecule has 1 aliphatic rings. The third-order valence-electron chi connectivity index (χ3n) is 4.72. The second kappa shape index (κ2) is 9.56. The van der Waals surface area contributed by atoms with Crippen LogP contribution < -0.4 is 0 Å². The summed E-state index contributed by atoms with van der Waals surface area (Å²) in [5.41, 5.74) is 0.777. The molecule has 0 spiro atoms. The van der Waals surface area contributed by atoms with Crippen molar-refractivity contribution in [2.45, 2.75) is 70.5 Å². The molecule has 0 saturated heterocycles. The van der Waals surface area contributed by atoms with E-state index in [0.717, 1.165) is 37.7 Å². The van der Waals surface area contributed by atoms with Gasteiger partial charge in [0.05, 0.1) is 9.90 Å². The quantitative estimate of drug-likeness (QED) is 0.369. The smallest absolute Gasteiger partial charge is 0.332 e. The fraction of sp³-hybridized carbons (Fsp3) is 0.700. The van der Waals surface area contributed by atoms with Gasteiger partial charge in [0.2, 0.25) is 0 Å². The van der Waals surface area contributed by atoms with Gasteiger partial charge < -0.3 is 10.2 Å². The molecule has 142 valence electrons. The number of rotatable bonds is 10. The van der Waals surface area contributed by atoms with E-state index in [1.807, 2.05) is 6.08 Å². The molecule has 25 heavy (non-hydrogen) atoms. The number of halogens is 1. The van der Waals surface area contributed by atoms with E-state index in [4.69, 9.17) is 0 Å². The maximum absolute atomic E-state index is 11.9. The second-order valence-electron chi connectivity index (χ2n) is 7.81. The zero-order chi connectivity index (χ0) is 19.2. The summed E-state index contributed by atoms with van der Waals surface area (Å²) in [6.45, 7) is 8.61. The lowest BCUT2D eigenvalue weighted by atomic mass is 9.77. The van der Waals surface area contributed by atoms with Crippen molar-refractivity contribution < 1.29 is 19.8 Å². The van der Waals surface area contributed by atoms with Gasteiger partial charge in [0.25, 0.3) is 0 Å². The summed E-state index contributed by atoms with van der Waals surface area (Å²) < 4.78 is -0.543. The largest absolute Gasteiger partial charge is 0.481 e. The van der Waals surface area contributed by atoms with Crippen LogP contribution in [0.3, 0.4) is 0 Å². The summed E-state index contributed by atoms with van der Waals surface area (Å²) in [5.74, 6) is -2.17. The van der Waals surface area contributed by atoms with E-state index in [-0.39, 0.29) is 5.57 Å². The summed E-state index contributed by atoms with van der Waals surface area (Å²) in [5, 5.41) is 19.2. The molecule has 2 atom stereocenters. The number of carboxylic acid groups (broad SMARTS) is 2. The molecule has 0 amide bonds. The van der Waals surface area contributed by atoms with Crippen LogP contribution in [0.15, 0.2) is 23.3 Å². The lowest BCUT2D eigenvalue weighted by molar-refractivity contribution is -0.142. The molecule has 0 radical (unpaired) electrons. The molecular formula is C20H31BrO4. The fourth-order valence-electron chi connectivity index (χ4n) is 3.36. The maximum Gasteiger partial charge on any atom is 0.332 e. The van der Waals surface area contributed by atoms with Crippen LogP contribution in [0.25, 0.3) is 0 Å². The third-order valence-corrected chi connectivity index (χ3v) is 5.86. The monoisotopic (exact) mass is 414 g/mol. The summed E-state index contributed by atoms with van der Waals surface area (Å²) >= 11 is 3.76. The minimum absolute atomic E-state index is 0.0418. The number of allylic oxidation sites excluding steroid dienone is 2. The highest BCUT2D eigenvalue weighted by Gasteiger charge is 2.40. The lowest BCUT2D eigenvalue weighted by Gasteiger charge is -2.34. The molecule has 2 N–H and O–H groups in total. The van der Waals surface area contributed by atoms with Gasteiger partial charge in [-0.05, 0) is 36.7 Å². The van der Waals surface area contributed by atoms with Crippen molar-refractivity contribution in [1.82, 2.24) is 0 Å². The van der Waals surface area contributed by atoms with E-state index in [2.05, 4.69) is 43.6 Å².